The third-order valence-corrected chi connectivity index (χ3v) is 4.30. The number of nitrogens with one attached hydrogen (secondary N) is 1. The van der Waals surface area contributed by atoms with E-state index in [0.717, 1.165) is 6.54 Å². The van der Waals surface area contributed by atoms with E-state index in [2.05, 4.69) is 65.9 Å². The molecule has 19 heavy (non-hydrogen) atoms. The van der Waals surface area contributed by atoms with Crippen molar-refractivity contribution in [3.8, 4) is 0 Å². The molecule has 1 heterocycles. The zero-order chi connectivity index (χ0) is 15.0. The summed E-state index contributed by atoms with van der Waals surface area (Å²) in [6.07, 6.45) is 0.152. The molecular weight excluding hydrogens is 238 g/mol. The Kier molecular flexibility index (Phi) is 5.02. The SMILES string of the molecule is CC(C)C1NC(C(C)C)N(CC(C)(C)N(C)C)C1=O. The monoisotopic (exact) mass is 269 g/mol. The lowest BCUT2D eigenvalue weighted by molar-refractivity contribution is -0.132. The van der Waals surface area contributed by atoms with Gasteiger partial charge in [-0.2, -0.15) is 0 Å². The molecule has 0 aromatic heterocycles. The first kappa shape index (κ1) is 16.4. The molecule has 0 saturated carbocycles. The number of hydrogen-bond acceptors (Lipinski definition) is 3. The smallest absolute Gasteiger partial charge is 0.241 e. The van der Waals surface area contributed by atoms with Crippen LogP contribution in [0.25, 0.3) is 0 Å². The van der Waals surface area contributed by atoms with E-state index in [1.807, 2.05) is 4.90 Å². The molecule has 1 fully saturated rings. The van der Waals surface area contributed by atoms with E-state index in [9.17, 15) is 4.79 Å². The number of likely N-dealkylation sites (N-methyl/N-ethyl adjacent to an activating group) is 1. The molecule has 1 aliphatic rings. The van der Waals surface area contributed by atoms with E-state index in [1.54, 1.807) is 0 Å². The average Bonchev–Trinajstić information content (AvgIpc) is 2.56. The number of amides is 1. The van der Waals surface area contributed by atoms with Gasteiger partial charge in [-0.05, 0) is 39.8 Å². The van der Waals surface area contributed by atoms with Crippen molar-refractivity contribution in [1.29, 1.82) is 0 Å². The van der Waals surface area contributed by atoms with Crippen LogP contribution in [0.15, 0.2) is 0 Å². The molecule has 4 heteroatoms. The van der Waals surface area contributed by atoms with Gasteiger partial charge in [-0.25, -0.2) is 0 Å². The van der Waals surface area contributed by atoms with Gasteiger partial charge in [0.15, 0.2) is 0 Å². The highest BCUT2D eigenvalue weighted by Crippen LogP contribution is 2.25. The van der Waals surface area contributed by atoms with Crippen LogP contribution in [0.4, 0.5) is 0 Å². The Labute approximate surface area is 118 Å². The number of rotatable bonds is 5. The summed E-state index contributed by atoms with van der Waals surface area (Å²) in [6, 6.07) is -0.0367. The van der Waals surface area contributed by atoms with Gasteiger partial charge in [0, 0.05) is 12.1 Å². The van der Waals surface area contributed by atoms with Crippen LogP contribution in [0.3, 0.4) is 0 Å². The van der Waals surface area contributed by atoms with Crippen LogP contribution in [0.5, 0.6) is 0 Å². The molecular formula is C15H31N3O. The van der Waals surface area contributed by atoms with Gasteiger partial charge >= 0.3 is 0 Å². The molecule has 1 amide bonds. The van der Waals surface area contributed by atoms with Gasteiger partial charge in [0.2, 0.25) is 5.91 Å². The van der Waals surface area contributed by atoms with E-state index < -0.39 is 0 Å². The Morgan fingerprint density at radius 2 is 1.74 bits per heavy atom. The first-order valence-electron chi connectivity index (χ1n) is 7.32. The molecule has 0 aromatic carbocycles. The van der Waals surface area contributed by atoms with Crippen molar-refractivity contribution < 1.29 is 4.79 Å². The summed E-state index contributed by atoms with van der Waals surface area (Å²) in [7, 11) is 4.14. The van der Waals surface area contributed by atoms with Gasteiger partial charge in [-0.15, -0.1) is 0 Å². The van der Waals surface area contributed by atoms with Crippen LogP contribution in [0, 0.1) is 11.8 Å². The Morgan fingerprint density at radius 3 is 2.11 bits per heavy atom. The number of hydrogen-bond donors (Lipinski definition) is 1. The molecule has 0 bridgehead atoms. The molecule has 1 N–H and O–H groups in total. The van der Waals surface area contributed by atoms with Crippen LogP contribution in [-0.4, -0.2) is 54.1 Å². The minimum absolute atomic E-state index is 0.0175. The summed E-state index contributed by atoms with van der Waals surface area (Å²) in [5.74, 6) is 1.01. The maximum absolute atomic E-state index is 12.6. The molecule has 1 aliphatic heterocycles. The van der Waals surface area contributed by atoms with Crippen molar-refractivity contribution in [3.05, 3.63) is 0 Å². The fourth-order valence-corrected chi connectivity index (χ4v) is 2.43. The van der Waals surface area contributed by atoms with E-state index >= 15 is 0 Å². The van der Waals surface area contributed by atoms with Crippen molar-refractivity contribution in [2.24, 2.45) is 11.8 Å². The van der Waals surface area contributed by atoms with Gasteiger partial charge < -0.3 is 9.80 Å². The zero-order valence-corrected chi connectivity index (χ0v) is 13.8. The quantitative estimate of drug-likeness (QED) is 0.826. The fourth-order valence-electron chi connectivity index (χ4n) is 2.43. The summed E-state index contributed by atoms with van der Waals surface area (Å²) >= 11 is 0. The fraction of sp³-hybridized carbons (Fsp3) is 0.933. The molecule has 0 aliphatic carbocycles. The molecule has 4 nitrogen and oxygen atoms in total. The lowest BCUT2D eigenvalue weighted by atomic mass is 10.0. The largest absolute Gasteiger partial charge is 0.324 e. The Morgan fingerprint density at radius 1 is 1.21 bits per heavy atom. The summed E-state index contributed by atoms with van der Waals surface area (Å²) in [6.45, 7) is 13.7. The highest BCUT2D eigenvalue weighted by Gasteiger charge is 2.43. The van der Waals surface area contributed by atoms with Crippen molar-refractivity contribution in [1.82, 2.24) is 15.1 Å². The van der Waals surface area contributed by atoms with Crippen molar-refractivity contribution in [3.63, 3.8) is 0 Å². The molecule has 2 unspecified atom stereocenters. The molecule has 1 rings (SSSR count). The second kappa shape index (κ2) is 5.80. The average molecular weight is 269 g/mol. The van der Waals surface area contributed by atoms with Crippen LogP contribution < -0.4 is 5.32 Å². The molecule has 0 radical (unpaired) electrons. The third-order valence-electron chi connectivity index (χ3n) is 4.30. The van der Waals surface area contributed by atoms with E-state index in [4.69, 9.17) is 0 Å². The van der Waals surface area contributed by atoms with Gasteiger partial charge in [0.1, 0.15) is 0 Å². The third kappa shape index (κ3) is 3.48. The minimum Gasteiger partial charge on any atom is -0.324 e. The van der Waals surface area contributed by atoms with Crippen molar-refractivity contribution in [2.45, 2.75) is 59.3 Å². The van der Waals surface area contributed by atoms with Crippen LogP contribution in [-0.2, 0) is 4.79 Å². The predicted molar refractivity (Wildman–Crippen MR) is 79.9 cm³/mol. The predicted octanol–water partition coefficient (Wildman–Crippen LogP) is 1.77. The standard InChI is InChI=1S/C15H31N3O/c1-10(2)12-14(19)18(13(16-12)11(3)4)9-15(5,6)17(7)8/h10-13,16H,9H2,1-8H3. The lowest BCUT2D eigenvalue weighted by Crippen LogP contribution is -2.53. The number of nitrogens with zero attached hydrogens (tertiary/aromatic N) is 2. The highest BCUT2D eigenvalue weighted by atomic mass is 16.2. The molecule has 2 atom stereocenters. The van der Waals surface area contributed by atoms with Crippen molar-refractivity contribution >= 4 is 5.91 Å². The second-order valence-corrected chi connectivity index (χ2v) is 7.25. The summed E-state index contributed by atoms with van der Waals surface area (Å²) in [5, 5.41) is 3.51. The Hall–Kier alpha value is -0.610. The lowest BCUT2D eigenvalue weighted by Gasteiger charge is -2.39. The number of carbonyl (C=O) groups is 1. The topological polar surface area (TPSA) is 35.6 Å². The Balaban J connectivity index is 2.92. The maximum atomic E-state index is 12.6. The maximum Gasteiger partial charge on any atom is 0.241 e. The first-order chi connectivity index (χ1) is 8.58. The second-order valence-electron chi connectivity index (χ2n) is 7.25. The number of carbonyl (C=O) groups excluding carboxylic acids is 1. The van der Waals surface area contributed by atoms with E-state index in [-0.39, 0.29) is 23.7 Å². The molecule has 0 spiro atoms. The first-order valence-corrected chi connectivity index (χ1v) is 7.32. The van der Waals surface area contributed by atoms with Gasteiger partial charge in [-0.3, -0.25) is 10.1 Å². The summed E-state index contributed by atoms with van der Waals surface area (Å²) in [4.78, 5) is 16.8. The van der Waals surface area contributed by atoms with Gasteiger partial charge in [-0.1, -0.05) is 27.7 Å². The van der Waals surface area contributed by atoms with Gasteiger partial charge in [0.05, 0.1) is 12.2 Å². The minimum atomic E-state index is -0.0367. The zero-order valence-electron chi connectivity index (χ0n) is 13.8. The highest BCUT2D eigenvalue weighted by molar-refractivity contribution is 5.84. The molecule has 1 saturated heterocycles. The Bertz CT molecular complexity index is 323. The summed E-state index contributed by atoms with van der Waals surface area (Å²) < 4.78 is 0. The molecule has 112 valence electrons. The summed E-state index contributed by atoms with van der Waals surface area (Å²) in [5.41, 5.74) is -0.0175. The normalized spacial score (nSPS) is 25.2. The van der Waals surface area contributed by atoms with E-state index in [0.29, 0.717) is 11.8 Å². The van der Waals surface area contributed by atoms with Crippen LogP contribution in [0.1, 0.15) is 41.5 Å². The van der Waals surface area contributed by atoms with E-state index in [1.165, 1.54) is 0 Å². The van der Waals surface area contributed by atoms with Crippen LogP contribution >= 0.6 is 0 Å². The molecule has 0 aromatic rings. The van der Waals surface area contributed by atoms with Crippen LogP contribution in [0.2, 0.25) is 0 Å². The van der Waals surface area contributed by atoms with Gasteiger partial charge in [0.25, 0.3) is 0 Å². The van der Waals surface area contributed by atoms with Crippen molar-refractivity contribution in [2.75, 3.05) is 20.6 Å².